The highest BCUT2D eigenvalue weighted by molar-refractivity contribution is 9.10. The van der Waals surface area contributed by atoms with Crippen LogP contribution in [0.1, 0.15) is 0 Å². The Hall–Kier alpha value is -1.22. The van der Waals surface area contributed by atoms with E-state index >= 15 is 0 Å². The number of anilines is 1. The summed E-state index contributed by atoms with van der Waals surface area (Å²) in [6.07, 6.45) is 3.19. The van der Waals surface area contributed by atoms with Crippen molar-refractivity contribution in [2.24, 2.45) is 0 Å². The fourth-order valence-corrected chi connectivity index (χ4v) is 1.60. The SMILES string of the molecule is Nc1cocc1-c1cccc(Br)c1. The quantitative estimate of drug-likeness (QED) is 0.827. The molecule has 3 heteroatoms. The molecule has 0 saturated carbocycles. The molecule has 2 aromatic rings. The molecule has 0 atom stereocenters. The summed E-state index contributed by atoms with van der Waals surface area (Å²) in [7, 11) is 0. The number of hydrogen-bond acceptors (Lipinski definition) is 2. The van der Waals surface area contributed by atoms with Gasteiger partial charge in [-0.15, -0.1) is 0 Å². The Kier molecular flexibility index (Phi) is 2.10. The summed E-state index contributed by atoms with van der Waals surface area (Å²) in [5, 5.41) is 0. The minimum Gasteiger partial charge on any atom is -0.470 e. The Balaban J connectivity index is 2.53. The van der Waals surface area contributed by atoms with Crippen LogP contribution >= 0.6 is 15.9 Å². The second-order valence-corrected chi connectivity index (χ2v) is 3.67. The van der Waals surface area contributed by atoms with Crippen molar-refractivity contribution in [2.45, 2.75) is 0 Å². The molecule has 0 radical (unpaired) electrons. The monoisotopic (exact) mass is 237 g/mol. The van der Waals surface area contributed by atoms with Crippen LogP contribution in [0.4, 0.5) is 5.69 Å². The minimum atomic E-state index is 0.665. The van der Waals surface area contributed by atoms with Crippen LogP contribution in [0.25, 0.3) is 11.1 Å². The Morgan fingerprint density at radius 2 is 2.08 bits per heavy atom. The number of nitrogen functional groups attached to an aromatic ring is 1. The van der Waals surface area contributed by atoms with Gasteiger partial charge >= 0.3 is 0 Å². The molecule has 0 aliphatic heterocycles. The van der Waals surface area contributed by atoms with Crippen LogP contribution in [0.3, 0.4) is 0 Å². The summed E-state index contributed by atoms with van der Waals surface area (Å²) < 4.78 is 6.03. The molecule has 13 heavy (non-hydrogen) atoms. The van der Waals surface area contributed by atoms with Crippen molar-refractivity contribution in [3.8, 4) is 11.1 Å². The Morgan fingerprint density at radius 1 is 1.23 bits per heavy atom. The van der Waals surface area contributed by atoms with E-state index < -0.39 is 0 Å². The van der Waals surface area contributed by atoms with E-state index in [1.165, 1.54) is 6.26 Å². The fourth-order valence-electron chi connectivity index (χ4n) is 1.20. The van der Waals surface area contributed by atoms with E-state index in [-0.39, 0.29) is 0 Å². The highest BCUT2D eigenvalue weighted by atomic mass is 79.9. The third kappa shape index (κ3) is 1.60. The highest BCUT2D eigenvalue weighted by Gasteiger charge is 2.04. The van der Waals surface area contributed by atoms with E-state index in [2.05, 4.69) is 15.9 Å². The lowest BCUT2D eigenvalue weighted by Crippen LogP contribution is -1.84. The number of furan rings is 1. The first kappa shape index (κ1) is 8.38. The summed E-state index contributed by atoms with van der Waals surface area (Å²) in [6, 6.07) is 7.93. The molecule has 0 saturated heterocycles. The van der Waals surface area contributed by atoms with E-state index in [0.29, 0.717) is 5.69 Å². The van der Waals surface area contributed by atoms with Gasteiger partial charge in [-0.1, -0.05) is 28.1 Å². The van der Waals surface area contributed by atoms with Crippen molar-refractivity contribution in [1.29, 1.82) is 0 Å². The molecule has 0 bridgehead atoms. The van der Waals surface area contributed by atoms with Gasteiger partial charge in [-0.25, -0.2) is 0 Å². The smallest absolute Gasteiger partial charge is 0.114 e. The first-order valence-electron chi connectivity index (χ1n) is 3.85. The van der Waals surface area contributed by atoms with Gasteiger partial charge in [0.25, 0.3) is 0 Å². The molecule has 66 valence electrons. The van der Waals surface area contributed by atoms with Gasteiger partial charge in [0, 0.05) is 10.0 Å². The van der Waals surface area contributed by atoms with Gasteiger partial charge in [-0.05, 0) is 17.7 Å². The first-order chi connectivity index (χ1) is 6.27. The van der Waals surface area contributed by atoms with Crippen LogP contribution in [-0.4, -0.2) is 0 Å². The topological polar surface area (TPSA) is 39.2 Å². The van der Waals surface area contributed by atoms with Gasteiger partial charge in [0.1, 0.15) is 12.5 Å². The second kappa shape index (κ2) is 3.26. The highest BCUT2D eigenvalue weighted by Crippen LogP contribution is 2.28. The Labute approximate surface area is 84.5 Å². The van der Waals surface area contributed by atoms with E-state index in [0.717, 1.165) is 15.6 Å². The normalized spacial score (nSPS) is 10.2. The van der Waals surface area contributed by atoms with Crippen LogP contribution in [0.2, 0.25) is 0 Å². The number of rotatable bonds is 1. The summed E-state index contributed by atoms with van der Waals surface area (Å²) in [6.45, 7) is 0. The lowest BCUT2D eigenvalue weighted by atomic mass is 10.1. The fraction of sp³-hybridized carbons (Fsp3) is 0. The number of nitrogens with two attached hydrogens (primary N) is 1. The van der Waals surface area contributed by atoms with Gasteiger partial charge in [0.15, 0.2) is 0 Å². The lowest BCUT2D eigenvalue weighted by Gasteiger charge is -1.98. The molecule has 0 amide bonds. The number of benzene rings is 1. The van der Waals surface area contributed by atoms with Crippen LogP contribution in [0.5, 0.6) is 0 Å². The van der Waals surface area contributed by atoms with E-state index in [4.69, 9.17) is 10.2 Å². The van der Waals surface area contributed by atoms with Crippen LogP contribution in [0.15, 0.2) is 45.7 Å². The third-order valence-electron chi connectivity index (χ3n) is 1.83. The van der Waals surface area contributed by atoms with E-state index in [1.807, 2.05) is 24.3 Å². The van der Waals surface area contributed by atoms with Crippen molar-refractivity contribution in [3.63, 3.8) is 0 Å². The summed E-state index contributed by atoms with van der Waals surface area (Å²) in [5.41, 5.74) is 8.37. The Bertz CT molecular complexity index is 422. The lowest BCUT2D eigenvalue weighted by molar-refractivity contribution is 0.569. The molecule has 2 nitrogen and oxygen atoms in total. The van der Waals surface area contributed by atoms with Crippen LogP contribution in [-0.2, 0) is 0 Å². The molecule has 2 N–H and O–H groups in total. The van der Waals surface area contributed by atoms with Gasteiger partial charge in [-0.3, -0.25) is 0 Å². The first-order valence-corrected chi connectivity index (χ1v) is 4.64. The van der Waals surface area contributed by atoms with E-state index in [1.54, 1.807) is 6.26 Å². The summed E-state index contributed by atoms with van der Waals surface area (Å²) in [5.74, 6) is 0. The predicted octanol–water partition coefficient (Wildman–Crippen LogP) is 3.29. The average Bonchev–Trinajstić information content (AvgIpc) is 2.51. The van der Waals surface area contributed by atoms with Crippen molar-refractivity contribution in [2.75, 3.05) is 5.73 Å². The standard InChI is InChI=1S/C10H8BrNO/c11-8-3-1-2-7(4-8)9-5-13-6-10(9)12/h1-6H,12H2. The molecular weight excluding hydrogens is 230 g/mol. The number of hydrogen-bond donors (Lipinski definition) is 1. The second-order valence-electron chi connectivity index (χ2n) is 2.75. The van der Waals surface area contributed by atoms with Crippen molar-refractivity contribution < 1.29 is 4.42 Å². The molecule has 0 unspecified atom stereocenters. The maximum absolute atomic E-state index is 5.71. The van der Waals surface area contributed by atoms with Crippen LogP contribution in [0, 0.1) is 0 Å². The molecule has 1 aromatic heterocycles. The molecule has 0 spiro atoms. The zero-order valence-corrected chi connectivity index (χ0v) is 8.41. The summed E-state index contributed by atoms with van der Waals surface area (Å²) >= 11 is 3.40. The molecule has 0 fully saturated rings. The average molecular weight is 238 g/mol. The van der Waals surface area contributed by atoms with Crippen molar-refractivity contribution in [3.05, 3.63) is 41.3 Å². The molecule has 1 heterocycles. The third-order valence-corrected chi connectivity index (χ3v) is 2.32. The molecule has 0 aliphatic rings. The van der Waals surface area contributed by atoms with Crippen LogP contribution < -0.4 is 5.73 Å². The minimum absolute atomic E-state index is 0.665. The summed E-state index contributed by atoms with van der Waals surface area (Å²) in [4.78, 5) is 0. The molecule has 1 aromatic carbocycles. The Morgan fingerprint density at radius 3 is 2.69 bits per heavy atom. The molecular formula is C10H8BrNO. The zero-order valence-electron chi connectivity index (χ0n) is 6.83. The molecule has 0 aliphatic carbocycles. The van der Waals surface area contributed by atoms with Crippen molar-refractivity contribution in [1.82, 2.24) is 0 Å². The van der Waals surface area contributed by atoms with Gasteiger partial charge in [0.05, 0.1) is 5.69 Å². The number of halogens is 1. The zero-order chi connectivity index (χ0) is 9.26. The maximum atomic E-state index is 5.71. The van der Waals surface area contributed by atoms with E-state index in [9.17, 15) is 0 Å². The van der Waals surface area contributed by atoms with Gasteiger partial charge < -0.3 is 10.2 Å². The largest absolute Gasteiger partial charge is 0.470 e. The van der Waals surface area contributed by atoms with Crippen molar-refractivity contribution >= 4 is 21.6 Å². The van der Waals surface area contributed by atoms with Gasteiger partial charge in [-0.2, -0.15) is 0 Å². The maximum Gasteiger partial charge on any atom is 0.114 e. The van der Waals surface area contributed by atoms with Gasteiger partial charge in [0.2, 0.25) is 0 Å². The molecule has 2 rings (SSSR count). The predicted molar refractivity (Wildman–Crippen MR) is 56.3 cm³/mol.